The zero-order chi connectivity index (χ0) is 21.2. The molecule has 7 heteroatoms. The van der Waals surface area contributed by atoms with Gasteiger partial charge in [-0.1, -0.05) is 36.7 Å². The van der Waals surface area contributed by atoms with Crippen molar-refractivity contribution in [3.8, 4) is 5.88 Å². The van der Waals surface area contributed by atoms with Crippen LogP contribution in [0.3, 0.4) is 0 Å². The maximum atomic E-state index is 12.9. The Balaban J connectivity index is 1.91. The maximum absolute atomic E-state index is 12.9. The van der Waals surface area contributed by atoms with Crippen molar-refractivity contribution >= 4 is 11.6 Å². The van der Waals surface area contributed by atoms with Gasteiger partial charge in [-0.2, -0.15) is 8.78 Å². The lowest BCUT2D eigenvalue weighted by Crippen LogP contribution is -2.17. The molecule has 2 aromatic rings. The van der Waals surface area contributed by atoms with E-state index in [0.29, 0.717) is 22.7 Å². The fourth-order valence-electron chi connectivity index (χ4n) is 3.28. The molecule has 1 N–H and O–H groups in total. The van der Waals surface area contributed by atoms with Crippen molar-refractivity contribution in [2.24, 2.45) is 5.92 Å². The van der Waals surface area contributed by atoms with Crippen molar-refractivity contribution < 1.29 is 18.6 Å². The Morgan fingerprint density at radius 1 is 1.21 bits per heavy atom. The molecule has 154 valence electrons. The van der Waals surface area contributed by atoms with Crippen molar-refractivity contribution in [1.29, 1.82) is 0 Å². The predicted molar refractivity (Wildman–Crippen MR) is 108 cm³/mol. The third-order valence-electron chi connectivity index (χ3n) is 4.82. The van der Waals surface area contributed by atoms with Gasteiger partial charge in [0.2, 0.25) is 5.88 Å². The van der Waals surface area contributed by atoms with E-state index in [0.717, 1.165) is 11.1 Å². The second-order valence-electron chi connectivity index (χ2n) is 7.70. The van der Waals surface area contributed by atoms with Gasteiger partial charge in [0, 0.05) is 35.3 Å². The molecule has 3 rings (SSSR count). The molecule has 2 heterocycles. The number of aromatic nitrogens is 2. The van der Waals surface area contributed by atoms with Crippen LogP contribution in [0.5, 0.6) is 5.88 Å². The number of halogens is 3. The lowest BCUT2D eigenvalue weighted by molar-refractivity contribution is -0.0537. The first-order valence-electron chi connectivity index (χ1n) is 9.30. The van der Waals surface area contributed by atoms with E-state index in [-0.39, 0.29) is 17.7 Å². The van der Waals surface area contributed by atoms with Crippen LogP contribution in [0.4, 0.5) is 8.78 Å². The monoisotopic (exact) mass is 420 g/mol. The minimum atomic E-state index is -2.96. The van der Waals surface area contributed by atoms with Crippen LogP contribution >= 0.6 is 11.6 Å². The molecule has 0 fully saturated rings. The number of nitrogens with zero attached hydrogens (tertiary/aromatic N) is 2. The Labute approximate surface area is 173 Å². The molecule has 29 heavy (non-hydrogen) atoms. The number of allylic oxidation sites excluding steroid dienone is 4. The maximum Gasteiger partial charge on any atom is 0.388 e. The molecule has 0 saturated carbocycles. The van der Waals surface area contributed by atoms with Gasteiger partial charge in [0.25, 0.3) is 0 Å². The second-order valence-corrected chi connectivity index (χ2v) is 8.14. The Kier molecular flexibility index (Phi) is 6.34. The summed E-state index contributed by atoms with van der Waals surface area (Å²) in [4.78, 5) is 8.45. The Hall–Kier alpha value is -2.31. The molecule has 1 aliphatic carbocycles. The highest BCUT2D eigenvalue weighted by molar-refractivity contribution is 6.31. The second kappa shape index (κ2) is 8.59. The Morgan fingerprint density at radius 2 is 1.93 bits per heavy atom. The summed E-state index contributed by atoms with van der Waals surface area (Å²) >= 11 is 6.14. The summed E-state index contributed by atoms with van der Waals surface area (Å²) in [5.74, 6) is -0.251. The van der Waals surface area contributed by atoms with Crippen LogP contribution in [0.25, 0.3) is 0 Å². The summed E-state index contributed by atoms with van der Waals surface area (Å²) < 4.78 is 30.4. The molecule has 1 aliphatic rings. The number of hydrogen-bond donors (Lipinski definition) is 1. The van der Waals surface area contributed by atoms with Crippen molar-refractivity contribution in [3.63, 3.8) is 0 Å². The molecule has 2 unspecified atom stereocenters. The number of alkyl halides is 2. The van der Waals surface area contributed by atoms with Gasteiger partial charge in [-0.05, 0) is 49.1 Å². The summed E-state index contributed by atoms with van der Waals surface area (Å²) in [6, 6.07) is 5.48. The summed E-state index contributed by atoms with van der Waals surface area (Å²) in [5.41, 5.74) is 1.88. The van der Waals surface area contributed by atoms with Crippen LogP contribution in [0, 0.1) is 5.92 Å². The summed E-state index contributed by atoms with van der Waals surface area (Å²) in [6.45, 7) is 2.37. The fraction of sp³-hybridized carbons (Fsp3) is 0.364. The van der Waals surface area contributed by atoms with E-state index in [2.05, 4.69) is 14.7 Å². The van der Waals surface area contributed by atoms with Crippen molar-refractivity contribution in [2.75, 3.05) is 0 Å². The van der Waals surface area contributed by atoms with Gasteiger partial charge in [0.1, 0.15) is 5.60 Å². The molecular formula is C22H23ClF2N2O2. The number of hydrogen-bond acceptors (Lipinski definition) is 4. The third-order valence-corrected chi connectivity index (χ3v) is 5.07. The largest absolute Gasteiger partial charge is 0.417 e. The Morgan fingerprint density at radius 3 is 2.55 bits per heavy atom. The number of rotatable bonds is 6. The zero-order valence-electron chi connectivity index (χ0n) is 16.4. The van der Waals surface area contributed by atoms with E-state index in [1.807, 2.05) is 31.2 Å². The molecule has 0 aromatic carbocycles. The molecule has 4 nitrogen and oxygen atoms in total. The first-order valence-corrected chi connectivity index (χ1v) is 9.68. The quantitative estimate of drug-likeness (QED) is 0.688. The normalized spacial score (nSPS) is 19.4. The lowest BCUT2D eigenvalue weighted by Gasteiger charge is -2.24. The minimum Gasteiger partial charge on any atom is -0.417 e. The highest BCUT2D eigenvalue weighted by Crippen LogP contribution is 2.38. The SMILES string of the molecule is CC1C=CC(Cl)=CC1c1cc(Cc2ccc(C(C)(C)O)nc2)cnc1OC(F)F. The molecule has 0 amide bonds. The van der Waals surface area contributed by atoms with E-state index in [4.69, 9.17) is 11.6 Å². The highest BCUT2D eigenvalue weighted by Gasteiger charge is 2.25. The van der Waals surface area contributed by atoms with Gasteiger partial charge in [-0.25, -0.2) is 4.98 Å². The van der Waals surface area contributed by atoms with Crippen LogP contribution in [-0.2, 0) is 12.0 Å². The smallest absolute Gasteiger partial charge is 0.388 e. The molecule has 0 aliphatic heterocycles. The summed E-state index contributed by atoms with van der Waals surface area (Å²) in [7, 11) is 0. The van der Waals surface area contributed by atoms with Crippen LogP contribution < -0.4 is 4.74 Å². The van der Waals surface area contributed by atoms with E-state index in [9.17, 15) is 13.9 Å². The van der Waals surface area contributed by atoms with Gasteiger partial charge >= 0.3 is 6.61 Å². The molecule has 0 radical (unpaired) electrons. The first-order chi connectivity index (χ1) is 13.6. The lowest BCUT2D eigenvalue weighted by atomic mass is 9.84. The van der Waals surface area contributed by atoms with Crippen molar-refractivity contribution in [2.45, 2.75) is 45.3 Å². The van der Waals surface area contributed by atoms with Crippen LogP contribution in [0.15, 0.2) is 53.9 Å². The molecule has 2 atom stereocenters. The van der Waals surface area contributed by atoms with Crippen LogP contribution in [-0.4, -0.2) is 21.7 Å². The van der Waals surface area contributed by atoms with Gasteiger partial charge in [-0.3, -0.25) is 4.98 Å². The van der Waals surface area contributed by atoms with Gasteiger partial charge < -0.3 is 9.84 Å². The van der Waals surface area contributed by atoms with Crippen LogP contribution in [0.2, 0.25) is 0 Å². The summed E-state index contributed by atoms with van der Waals surface area (Å²) in [5, 5.41) is 10.6. The van der Waals surface area contributed by atoms with E-state index < -0.39 is 12.2 Å². The Bertz CT molecular complexity index is 921. The minimum absolute atomic E-state index is 0.0577. The highest BCUT2D eigenvalue weighted by atomic mass is 35.5. The van der Waals surface area contributed by atoms with Crippen molar-refractivity contribution in [1.82, 2.24) is 9.97 Å². The molecular weight excluding hydrogens is 398 g/mol. The van der Waals surface area contributed by atoms with E-state index in [1.54, 1.807) is 32.2 Å². The molecule has 2 aromatic heterocycles. The predicted octanol–water partition coefficient (Wildman–Crippen LogP) is 5.31. The third kappa shape index (κ3) is 5.40. The molecule has 0 spiro atoms. The van der Waals surface area contributed by atoms with E-state index >= 15 is 0 Å². The topological polar surface area (TPSA) is 55.2 Å². The standard InChI is InChI=1S/C22H23ClF2N2O2/c1-13-4-6-16(23)10-17(13)18-9-15(12-27-20(18)29-21(24)25)8-14-5-7-19(26-11-14)22(2,3)28/h4-7,9-13,17,21,28H,8H2,1-3H3. The first kappa shape index (κ1) is 21.4. The average Bonchev–Trinajstić information content (AvgIpc) is 2.64. The van der Waals surface area contributed by atoms with Crippen molar-refractivity contribution in [3.05, 3.63) is 76.2 Å². The summed E-state index contributed by atoms with van der Waals surface area (Å²) in [6.07, 6.45) is 9.29. The molecule has 0 saturated heterocycles. The number of ether oxygens (including phenoxy) is 1. The number of aliphatic hydroxyl groups is 1. The number of pyridine rings is 2. The molecule has 0 bridgehead atoms. The van der Waals surface area contributed by atoms with Gasteiger partial charge in [0.15, 0.2) is 0 Å². The van der Waals surface area contributed by atoms with Gasteiger partial charge in [-0.15, -0.1) is 0 Å². The van der Waals surface area contributed by atoms with Crippen LogP contribution in [0.1, 0.15) is 49.1 Å². The average molecular weight is 421 g/mol. The zero-order valence-corrected chi connectivity index (χ0v) is 17.2. The van der Waals surface area contributed by atoms with Gasteiger partial charge in [0.05, 0.1) is 5.69 Å². The van der Waals surface area contributed by atoms with E-state index in [1.165, 1.54) is 6.20 Å². The fourth-order valence-corrected chi connectivity index (χ4v) is 3.48.